The van der Waals surface area contributed by atoms with Crippen molar-refractivity contribution in [2.24, 2.45) is 0 Å². The number of hydrogen-bond acceptors (Lipinski definition) is 2. The molecule has 0 atom stereocenters. The van der Waals surface area contributed by atoms with Crippen LogP contribution in [0.15, 0.2) is 162 Å². The fraction of sp³-hybridized carbons (Fsp3) is 0.0566. The molecule has 8 aromatic carbocycles. The molecule has 0 radical (unpaired) electrons. The summed E-state index contributed by atoms with van der Waals surface area (Å²) < 4.78 is 10.9. The zero-order chi connectivity index (χ0) is 38.9. The third-order valence-corrected chi connectivity index (χ3v) is 12.6. The molecule has 0 amide bonds. The van der Waals surface area contributed by atoms with Crippen LogP contribution in [0.3, 0.4) is 0 Å². The first-order valence-electron chi connectivity index (χ1n) is 19.5. The van der Waals surface area contributed by atoms with E-state index < -0.39 is 0 Å². The minimum absolute atomic E-state index is 0.237. The fourth-order valence-corrected chi connectivity index (χ4v) is 10.2. The molecule has 270 valence electrons. The normalized spacial score (nSPS) is 13.1. The van der Waals surface area contributed by atoms with Crippen LogP contribution in [0.25, 0.3) is 104 Å². The number of para-hydroxylation sites is 5. The maximum atomic E-state index is 10.9. The van der Waals surface area contributed by atoms with Gasteiger partial charge in [0, 0.05) is 43.3 Å². The number of fused-ring (bicyclic) bond motifs is 13. The Bertz CT molecular complexity index is 3690. The predicted octanol–water partition coefficient (Wildman–Crippen LogP) is 14.2. The molecule has 0 unspecified atom stereocenters. The van der Waals surface area contributed by atoms with Crippen LogP contribution in [0.1, 0.15) is 30.5 Å². The summed E-state index contributed by atoms with van der Waals surface area (Å²) in [4.78, 5) is 4.20. The molecule has 0 bridgehead atoms. The number of rotatable bonds is 3. The van der Waals surface area contributed by atoms with E-state index in [0.29, 0.717) is 11.3 Å². The van der Waals surface area contributed by atoms with Crippen molar-refractivity contribution in [3.05, 3.63) is 186 Å². The molecule has 12 rings (SSSR count). The second-order valence-corrected chi connectivity index (χ2v) is 15.8. The Morgan fingerprint density at radius 3 is 2.00 bits per heavy atom. The Kier molecular flexibility index (Phi) is 6.47. The summed E-state index contributed by atoms with van der Waals surface area (Å²) in [6, 6.07) is 57.2. The van der Waals surface area contributed by atoms with Crippen LogP contribution in [0.2, 0.25) is 0 Å². The van der Waals surface area contributed by atoms with E-state index in [0.717, 1.165) is 82.7 Å². The van der Waals surface area contributed by atoms with Crippen molar-refractivity contribution in [3.8, 4) is 39.7 Å². The van der Waals surface area contributed by atoms with Crippen molar-refractivity contribution in [2.75, 3.05) is 0 Å². The van der Waals surface area contributed by atoms with Gasteiger partial charge in [0.15, 0.2) is 0 Å². The van der Waals surface area contributed by atoms with Crippen LogP contribution in [-0.2, 0) is 5.41 Å². The average molecular weight is 741 g/mol. The number of nitrogens with zero attached hydrogens (tertiary/aromatic N) is 4. The van der Waals surface area contributed by atoms with Crippen LogP contribution in [-0.4, -0.2) is 9.13 Å². The first-order chi connectivity index (χ1) is 28.5. The van der Waals surface area contributed by atoms with Gasteiger partial charge in [0.2, 0.25) is 5.69 Å². The van der Waals surface area contributed by atoms with Crippen LogP contribution in [0.4, 0.5) is 5.69 Å². The van der Waals surface area contributed by atoms with E-state index in [1.807, 2.05) is 48.5 Å². The van der Waals surface area contributed by atoms with Crippen LogP contribution in [0, 0.1) is 17.9 Å². The first kappa shape index (κ1) is 32.4. The predicted molar refractivity (Wildman–Crippen MR) is 236 cm³/mol. The first-order valence-corrected chi connectivity index (χ1v) is 19.5. The number of hydrogen-bond donors (Lipinski definition) is 0. The van der Waals surface area contributed by atoms with E-state index in [-0.39, 0.29) is 5.41 Å². The second kappa shape index (κ2) is 11.6. The third kappa shape index (κ3) is 4.12. The van der Waals surface area contributed by atoms with E-state index in [2.05, 4.69) is 143 Å². The molecule has 11 aromatic rings. The Hall–Kier alpha value is -7.86. The summed E-state index contributed by atoms with van der Waals surface area (Å²) in [5, 5.41) is 17.4. The molecular formula is C53H32N4O. The number of aromatic nitrogens is 2. The van der Waals surface area contributed by atoms with Gasteiger partial charge < -0.3 is 13.6 Å². The van der Waals surface area contributed by atoms with E-state index in [4.69, 9.17) is 11.0 Å². The monoisotopic (exact) mass is 740 g/mol. The van der Waals surface area contributed by atoms with Crippen molar-refractivity contribution in [2.45, 2.75) is 19.3 Å². The lowest BCUT2D eigenvalue weighted by molar-refractivity contribution is 0.666. The Balaban J connectivity index is 1.21. The summed E-state index contributed by atoms with van der Waals surface area (Å²) >= 11 is 0. The maximum absolute atomic E-state index is 10.9. The lowest BCUT2D eigenvalue weighted by Gasteiger charge is -2.23. The van der Waals surface area contributed by atoms with Gasteiger partial charge in [-0.25, -0.2) is 4.85 Å². The minimum atomic E-state index is -0.237. The zero-order valence-electron chi connectivity index (χ0n) is 31.7. The molecule has 3 heterocycles. The molecule has 0 fully saturated rings. The zero-order valence-corrected chi connectivity index (χ0v) is 31.7. The van der Waals surface area contributed by atoms with Gasteiger partial charge in [0.1, 0.15) is 17.2 Å². The molecule has 0 aliphatic heterocycles. The lowest BCUT2D eigenvalue weighted by atomic mass is 9.80. The van der Waals surface area contributed by atoms with Gasteiger partial charge in [0.25, 0.3) is 0 Å². The summed E-state index contributed by atoms with van der Waals surface area (Å²) in [5.41, 5.74) is 15.0. The highest BCUT2D eigenvalue weighted by Crippen LogP contribution is 2.54. The average Bonchev–Trinajstić information content (AvgIpc) is 3.97. The second-order valence-electron chi connectivity index (χ2n) is 15.8. The smallest absolute Gasteiger partial charge is 0.211 e. The Labute approximate surface area is 333 Å². The van der Waals surface area contributed by atoms with Gasteiger partial charge in [-0.3, -0.25) is 0 Å². The molecular weight excluding hydrogens is 709 g/mol. The van der Waals surface area contributed by atoms with Crippen molar-refractivity contribution in [1.82, 2.24) is 9.13 Å². The third-order valence-electron chi connectivity index (χ3n) is 12.6. The van der Waals surface area contributed by atoms with Crippen molar-refractivity contribution < 1.29 is 4.42 Å². The molecule has 5 nitrogen and oxygen atoms in total. The van der Waals surface area contributed by atoms with Gasteiger partial charge in [-0.1, -0.05) is 129 Å². The van der Waals surface area contributed by atoms with Gasteiger partial charge in [0.05, 0.1) is 45.6 Å². The van der Waals surface area contributed by atoms with E-state index in [1.165, 1.54) is 27.6 Å². The Morgan fingerprint density at radius 2 is 1.19 bits per heavy atom. The molecule has 0 saturated heterocycles. The number of benzene rings is 8. The SMILES string of the molecule is [C-]#[N+]c1cccc(-c2cccc(C#N)c2-n2c3ccccc3c3cc4oc5ccccc5c4cc32)c1-n1c2ccccc2c2c3c(ccc21)-c1ccccc1C3(C)C. The highest BCUT2D eigenvalue weighted by atomic mass is 16.3. The van der Waals surface area contributed by atoms with Crippen molar-refractivity contribution >= 4 is 71.2 Å². The summed E-state index contributed by atoms with van der Waals surface area (Å²) in [6.07, 6.45) is 0. The van der Waals surface area contributed by atoms with Gasteiger partial charge in [-0.05, 0) is 70.3 Å². The largest absolute Gasteiger partial charge is 0.456 e. The van der Waals surface area contributed by atoms with E-state index in [1.54, 1.807) is 0 Å². The lowest BCUT2D eigenvalue weighted by Crippen LogP contribution is -2.15. The molecule has 1 aliphatic rings. The quantitative estimate of drug-likeness (QED) is 0.169. The van der Waals surface area contributed by atoms with Crippen LogP contribution >= 0.6 is 0 Å². The van der Waals surface area contributed by atoms with Crippen LogP contribution < -0.4 is 0 Å². The number of furan rings is 1. The van der Waals surface area contributed by atoms with Crippen molar-refractivity contribution in [3.63, 3.8) is 0 Å². The van der Waals surface area contributed by atoms with Gasteiger partial charge >= 0.3 is 0 Å². The molecule has 3 aromatic heterocycles. The Morgan fingerprint density at radius 1 is 0.534 bits per heavy atom. The summed E-state index contributed by atoms with van der Waals surface area (Å²) in [5.74, 6) is 0. The van der Waals surface area contributed by atoms with Gasteiger partial charge in [-0.15, -0.1) is 0 Å². The molecule has 5 heteroatoms. The summed E-state index contributed by atoms with van der Waals surface area (Å²) in [7, 11) is 0. The van der Waals surface area contributed by atoms with Crippen LogP contribution in [0.5, 0.6) is 0 Å². The standard InChI is InChI=1S/C53H32N4O/c1-53(2)41-21-8-4-15-32(41)35-26-27-45-49(50(35)53)38-18-6-10-24-44(38)56(45)52-37(20-13-22-42(52)55-3)36-19-12-14-31(30-54)51(36)57-43-23-9-5-16-33(43)39-29-48-40(28-46(39)57)34-17-7-11-25-47(34)58-48/h4-29H,1-2H3. The summed E-state index contributed by atoms with van der Waals surface area (Å²) in [6.45, 7) is 13.2. The maximum Gasteiger partial charge on any atom is 0.211 e. The molecule has 1 aliphatic carbocycles. The highest BCUT2D eigenvalue weighted by Gasteiger charge is 2.38. The topological polar surface area (TPSA) is 51.1 Å². The minimum Gasteiger partial charge on any atom is -0.456 e. The highest BCUT2D eigenvalue weighted by molar-refractivity contribution is 6.18. The molecule has 0 N–H and O–H groups in total. The molecule has 0 saturated carbocycles. The fourth-order valence-electron chi connectivity index (χ4n) is 10.2. The molecule has 58 heavy (non-hydrogen) atoms. The van der Waals surface area contributed by atoms with E-state index >= 15 is 0 Å². The van der Waals surface area contributed by atoms with Gasteiger partial charge in [-0.2, -0.15) is 5.26 Å². The molecule has 0 spiro atoms. The number of nitriles is 1. The van der Waals surface area contributed by atoms with E-state index in [9.17, 15) is 5.26 Å². The van der Waals surface area contributed by atoms with Crippen molar-refractivity contribution in [1.29, 1.82) is 5.26 Å².